The molecule has 1 saturated heterocycles. The molecular formula is C21H22FN5O. The maximum absolute atomic E-state index is 13.3. The van der Waals surface area contributed by atoms with Crippen LogP contribution >= 0.6 is 0 Å². The van der Waals surface area contributed by atoms with Crippen LogP contribution in [0, 0.1) is 11.7 Å². The molecule has 0 unspecified atom stereocenters. The smallest absolute Gasteiger partial charge is 0.246 e. The van der Waals surface area contributed by atoms with Gasteiger partial charge < -0.3 is 4.90 Å². The molecule has 0 spiro atoms. The third kappa shape index (κ3) is 4.42. The van der Waals surface area contributed by atoms with Gasteiger partial charge in [0.15, 0.2) is 0 Å². The van der Waals surface area contributed by atoms with Crippen molar-refractivity contribution in [2.24, 2.45) is 5.92 Å². The molecule has 0 aliphatic carbocycles. The monoisotopic (exact) mass is 379 g/mol. The highest BCUT2D eigenvalue weighted by atomic mass is 19.1. The molecule has 0 saturated carbocycles. The van der Waals surface area contributed by atoms with E-state index < -0.39 is 0 Å². The minimum absolute atomic E-state index is 0.0126. The molecule has 0 N–H and O–H groups in total. The highest BCUT2D eigenvalue weighted by Gasteiger charge is 2.23. The number of piperidine rings is 1. The van der Waals surface area contributed by atoms with Crippen LogP contribution in [0.2, 0.25) is 0 Å². The van der Waals surface area contributed by atoms with E-state index in [1.54, 1.807) is 12.1 Å². The Morgan fingerprint density at radius 1 is 1.07 bits per heavy atom. The number of carbonyl (C=O) groups excluding carboxylic acids is 1. The van der Waals surface area contributed by atoms with Crippen LogP contribution in [-0.4, -0.2) is 44.1 Å². The predicted octanol–water partition coefficient (Wildman–Crippen LogP) is 2.96. The molecule has 1 fully saturated rings. The number of nitrogens with zero attached hydrogens (tertiary/aromatic N) is 5. The van der Waals surface area contributed by atoms with Crippen molar-refractivity contribution in [3.8, 4) is 11.4 Å². The van der Waals surface area contributed by atoms with Gasteiger partial charge in [0, 0.05) is 18.7 Å². The summed E-state index contributed by atoms with van der Waals surface area (Å²) in [6.07, 6.45) is 3.06. The first-order valence-electron chi connectivity index (χ1n) is 9.53. The number of halogens is 1. The fourth-order valence-corrected chi connectivity index (χ4v) is 3.61. The number of tetrazole rings is 1. The summed E-state index contributed by atoms with van der Waals surface area (Å²) in [5, 5.41) is 12.1. The Balaban J connectivity index is 1.30. The molecule has 7 heteroatoms. The SMILES string of the molecule is O=C(Cn1nnc(-c2cccc(F)c2)n1)N1CCC(Cc2ccccc2)CC1. The number of amides is 1. The van der Waals surface area contributed by atoms with Crippen molar-refractivity contribution in [2.45, 2.75) is 25.8 Å². The number of hydrogen-bond donors (Lipinski definition) is 0. The van der Waals surface area contributed by atoms with Crippen LogP contribution < -0.4 is 0 Å². The van der Waals surface area contributed by atoms with Crippen LogP contribution in [0.4, 0.5) is 4.39 Å². The largest absolute Gasteiger partial charge is 0.341 e. The minimum Gasteiger partial charge on any atom is -0.341 e. The first-order valence-corrected chi connectivity index (χ1v) is 9.53. The van der Waals surface area contributed by atoms with E-state index in [1.165, 1.54) is 22.5 Å². The topological polar surface area (TPSA) is 63.9 Å². The third-order valence-electron chi connectivity index (χ3n) is 5.15. The Bertz CT molecular complexity index is 935. The van der Waals surface area contributed by atoms with E-state index in [0.717, 1.165) is 32.4 Å². The molecule has 0 bridgehead atoms. The van der Waals surface area contributed by atoms with Gasteiger partial charge in [0.2, 0.25) is 11.7 Å². The van der Waals surface area contributed by atoms with Crippen LogP contribution in [0.5, 0.6) is 0 Å². The molecule has 2 aromatic carbocycles. The third-order valence-corrected chi connectivity index (χ3v) is 5.15. The minimum atomic E-state index is -0.358. The molecule has 0 radical (unpaired) electrons. The lowest BCUT2D eigenvalue weighted by Gasteiger charge is -2.32. The fourth-order valence-electron chi connectivity index (χ4n) is 3.61. The van der Waals surface area contributed by atoms with E-state index in [0.29, 0.717) is 17.3 Å². The summed E-state index contributed by atoms with van der Waals surface area (Å²) in [4.78, 5) is 15.7. The van der Waals surface area contributed by atoms with Gasteiger partial charge in [0.05, 0.1) is 0 Å². The normalized spacial score (nSPS) is 15.0. The number of hydrogen-bond acceptors (Lipinski definition) is 4. The van der Waals surface area contributed by atoms with Gasteiger partial charge in [-0.2, -0.15) is 4.80 Å². The summed E-state index contributed by atoms with van der Waals surface area (Å²) >= 11 is 0. The van der Waals surface area contributed by atoms with Crippen LogP contribution in [0.25, 0.3) is 11.4 Å². The molecule has 6 nitrogen and oxygen atoms in total. The Hall–Kier alpha value is -3.09. The Kier molecular flexibility index (Phi) is 5.41. The van der Waals surface area contributed by atoms with Crippen molar-refractivity contribution >= 4 is 5.91 Å². The summed E-state index contributed by atoms with van der Waals surface area (Å²) in [6.45, 7) is 1.55. The molecule has 0 atom stereocenters. The maximum Gasteiger partial charge on any atom is 0.246 e. The molecule has 4 rings (SSSR count). The maximum atomic E-state index is 13.3. The number of carbonyl (C=O) groups is 1. The lowest BCUT2D eigenvalue weighted by Crippen LogP contribution is -2.40. The van der Waals surface area contributed by atoms with Crippen molar-refractivity contribution in [3.63, 3.8) is 0 Å². The number of benzene rings is 2. The van der Waals surface area contributed by atoms with Crippen LogP contribution in [-0.2, 0) is 17.8 Å². The van der Waals surface area contributed by atoms with Crippen molar-refractivity contribution < 1.29 is 9.18 Å². The average molecular weight is 379 g/mol. The predicted molar refractivity (Wildman–Crippen MR) is 103 cm³/mol. The lowest BCUT2D eigenvalue weighted by atomic mass is 9.90. The van der Waals surface area contributed by atoms with Crippen molar-refractivity contribution in [1.82, 2.24) is 25.1 Å². The standard InChI is InChI=1S/C21H22FN5O/c22-19-8-4-7-18(14-19)21-23-25-27(24-21)15-20(28)26-11-9-17(10-12-26)13-16-5-2-1-3-6-16/h1-8,14,17H,9-13,15H2. The Morgan fingerprint density at radius 3 is 2.61 bits per heavy atom. The number of rotatable bonds is 5. The van der Waals surface area contributed by atoms with E-state index in [4.69, 9.17) is 0 Å². The second-order valence-corrected chi connectivity index (χ2v) is 7.17. The van der Waals surface area contributed by atoms with E-state index in [-0.39, 0.29) is 18.3 Å². The van der Waals surface area contributed by atoms with Crippen molar-refractivity contribution in [2.75, 3.05) is 13.1 Å². The number of likely N-dealkylation sites (tertiary alicyclic amines) is 1. The average Bonchev–Trinajstić information content (AvgIpc) is 3.18. The van der Waals surface area contributed by atoms with Gasteiger partial charge in [-0.1, -0.05) is 42.5 Å². The van der Waals surface area contributed by atoms with Crippen LogP contribution in [0.15, 0.2) is 54.6 Å². The first kappa shape index (κ1) is 18.3. The van der Waals surface area contributed by atoms with E-state index >= 15 is 0 Å². The van der Waals surface area contributed by atoms with Crippen LogP contribution in [0.3, 0.4) is 0 Å². The Morgan fingerprint density at radius 2 is 1.86 bits per heavy atom. The van der Waals surface area contributed by atoms with Gasteiger partial charge in [0.25, 0.3) is 0 Å². The summed E-state index contributed by atoms with van der Waals surface area (Å²) < 4.78 is 13.3. The van der Waals surface area contributed by atoms with Crippen molar-refractivity contribution in [3.05, 3.63) is 66.0 Å². The second kappa shape index (κ2) is 8.29. The van der Waals surface area contributed by atoms with Gasteiger partial charge in [-0.25, -0.2) is 4.39 Å². The van der Waals surface area contributed by atoms with Gasteiger partial charge in [0.1, 0.15) is 12.4 Å². The van der Waals surface area contributed by atoms with E-state index in [9.17, 15) is 9.18 Å². The molecule has 3 aromatic rings. The molecule has 1 aliphatic rings. The molecule has 28 heavy (non-hydrogen) atoms. The van der Waals surface area contributed by atoms with E-state index in [1.807, 2.05) is 11.0 Å². The van der Waals surface area contributed by atoms with Gasteiger partial charge in [-0.05, 0) is 48.1 Å². The molecule has 1 amide bonds. The van der Waals surface area contributed by atoms with Gasteiger partial charge in [-0.3, -0.25) is 4.79 Å². The van der Waals surface area contributed by atoms with Gasteiger partial charge in [-0.15, -0.1) is 10.2 Å². The quantitative estimate of drug-likeness (QED) is 0.684. The second-order valence-electron chi connectivity index (χ2n) is 7.17. The summed E-state index contributed by atoms with van der Waals surface area (Å²) in [6, 6.07) is 16.5. The highest BCUT2D eigenvalue weighted by Crippen LogP contribution is 2.22. The first-order chi connectivity index (χ1) is 13.7. The summed E-state index contributed by atoms with van der Waals surface area (Å²) in [5.41, 5.74) is 1.89. The fraction of sp³-hybridized carbons (Fsp3) is 0.333. The van der Waals surface area contributed by atoms with Crippen molar-refractivity contribution in [1.29, 1.82) is 0 Å². The zero-order valence-corrected chi connectivity index (χ0v) is 15.5. The summed E-state index contributed by atoms with van der Waals surface area (Å²) in [7, 11) is 0. The highest BCUT2D eigenvalue weighted by molar-refractivity contribution is 5.75. The molecular weight excluding hydrogens is 357 g/mol. The van der Waals surface area contributed by atoms with E-state index in [2.05, 4.69) is 39.7 Å². The number of aromatic nitrogens is 4. The lowest BCUT2D eigenvalue weighted by molar-refractivity contribution is -0.133. The Labute approximate surface area is 163 Å². The molecule has 1 aromatic heterocycles. The van der Waals surface area contributed by atoms with Crippen LogP contribution in [0.1, 0.15) is 18.4 Å². The molecule has 1 aliphatic heterocycles. The molecule has 2 heterocycles. The van der Waals surface area contributed by atoms with Gasteiger partial charge >= 0.3 is 0 Å². The zero-order chi connectivity index (χ0) is 19.3. The molecule has 144 valence electrons. The summed E-state index contributed by atoms with van der Waals surface area (Å²) in [5.74, 6) is 0.550. The zero-order valence-electron chi connectivity index (χ0n) is 15.5.